The van der Waals surface area contributed by atoms with Gasteiger partial charge >= 0.3 is 0 Å². The van der Waals surface area contributed by atoms with Crippen molar-refractivity contribution in [1.82, 2.24) is 4.90 Å². The number of aliphatic hydroxyl groups excluding tert-OH is 1. The first kappa shape index (κ1) is 16.5. The van der Waals surface area contributed by atoms with Crippen LogP contribution in [0, 0.1) is 0 Å². The molecule has 0 radical (unpaired) electrons. The first-order valence-electron chi connectivity index (χ1n) is 8.15. The molecule has 1 heterocycles. The lowest BCUT2D eigenvalue weighted by molar-refractivity contribution is 0.109. The van der Waals surface area contributed by atoms with Gasteiger partial charge in [0.2, 0.25) is 0 Å². The monoisotopic (exact) mass is 374 g/mol. The number of hydrogen-bond donors (Lipinski definition) is 1. The third-order valence-corrected chi connectivity index (χ3v) is 4.88. The van der Waals surface area contributed by atoms with Crippen molar-refractivity contribution in [3.05, 3.63) is 64.6 Å². The second kappa shape index (κ2) is 7.95. The van der Waals surface area contributed by atoms with Crippen LogP contribution in [0.25, 0.3) is 0 Å². The Bertz CT molecular complexity index is 595. The fourth-order valence-corrected chi connectivity index (χ4v) is 3.35. The van der Waals surface area contributed by atoms with E-state index in [0.29, 0.717) is 6.42 Å². The fraction of sp³-hybridized carbons (Fsp3) is 0.368. The van der Waals surface area contributed by atoms with Gasteiger partial charge in [-0.1, -0.05) is 46.3 Å². The lowest BCUT2D eigenvalue weighted by atomic mass is 10.1. The number of para-hydroxylation sites is 1. The van der Waals surface area contributed by atoms with Crippen LogP contribution < -0.4 is 4.90 Å². The molecule has 1 atom stereocenters. The van der Waals surface area contributed by atoms with Gasteiger partial charge in [-0.2, -0.15) is 0 Å². The van der Waals surface area contributed by atoms with Crippen molar-refractivity contribution in [3.63, 3.8) is 0 Å². The number of anilines is 1. The number of halogens is 1. The maximum atomic E-state index is 10.3. The van der Waals surface area contributed by atoms with Crippen molar-refractivity contribution in [2.24, 2.45) is 0 Å². The molecule has 1 fully saturated rings. The molecule has 1 saturated heterocycles. The van der Waals surface area contributed by atoms with E-state index in [-0.39, 0.29) is 6.10 Å². The molecule has 1 unspecified atom stereocenters. The highest BCUT2D eigenvalue weighted by Gasteiger charge is 2.19. The predicted molar refractivity (Wildman–Crippen MR) is 98.9 cm³/mol. The third-order valence-electron chi connectivity index (χ3n) is 4.35. The van der Waals surface area contributed by atoms with Crippen molar-refractivity contribution in [2.75, 3.05) is 37.6 Å². The third kappa shape index (κ3) is 4.80. The smallest absolute Gasteiger partial charge is 0.0707 e. The SMILES string of the molecule is OC(Cc1ccc(Br)cc1)CN1CCN(c2ccccc2)CC1. The summed E-state index contributed by atoms with van der Waals surface area (Å²) < 4.78 is 1.08. The summed E-state index contributed by atoms with van der Waals surface area (Å²) in [5, 5.41) is 10.3. The maximum Gasteiger partial charge on any atom is 0.0707 e. The zero-order valence-electron chi connectivity index (χ0n) is 13.2. The molecule has 2 aromatic carbocycles. The van der Waals surface area contributed by atoms with Crippen LogP contribution in [0.1, 0.15) is 5.56 Å². The number of rotatable bonds is 5. The molecule has 1 aliphatic heterocycles. The Morgan fingerprint density at radius 3 is 2.22 bits per heavy atom. The van der Waals surface area contributed by atoms with E-state index in [1.165, 1.54) is 11.3 Å². The van der Waals surface area contributed by atoms with Gasteiger partial charge in [0.25, 0.3) is 0 Å². The van der Waals surface area contributed by atoms with Crippen LogP contribution in [0.4, 0.5) is 5.69 Å². The van der Waals surface area contributed by atoms with Gasteiger partial charge in [0.15, 0.2) is 0 Å². The quantitative estimate of drug-likeness (QED) is 0.870. The van der Waals surface area contributed by atoms with Gasteiger partial charge in [-0.05, 0) is 36.2 Å². The molecule has 0 aromatic heterocycles. The highest BCUT2D eigenvalue weighted by molar-refractivity contribution is 9.10. The molecule has 3 nitrogen and oxygen atoms in total. The molecule has 23 heavy (non-hydrogen) atoms. The molecule has 4 heteroatoms. The number of hydrogen-bond acceptors (Lipinski definition) is 3. The minimum absolute atomic E-state index is 0.306. The van der Waals surface area contributed by atoms with Crippen molar-refractivity contribution in [1.29, 1.82) is 0 Å². The molecule has 122 valence electrons. The number of nitrogens with zero attached hydrogens (tertiary/aromatic N) is 2. The zero-order valence-corrected chi connectivity index (χ0v) is 14.8. The summed E-state index contributed by atoms with van der Waals surface area (Å²) in [6.45, 7) is 4.81. The van der Waals surface area contributed by atoms with E-state index in [1.807, 2.05) is 12.1 Å². The van der Waals surface area contributed by atoms with Gasteiger partial charge in [0, 0.05) is 42.9 Å². The van der Waals surface area contributed by atoms with Gasteiger partial charge in [0.1, 0.15) is 0 Å². The largest absolute Gasteiger partial charge is 0.391 e. The number of aliphatic hydroxyl groups is 1. The number of benzene rings is 2. The molecular weight excluding hydrogens is 352 g/mol. The van der Waals surface area contributed by atoms with E-state index < -0.39 is 0 Å². The Hall–Kier alpha value is -1.36. The first-order chi connectivity index (χ1) is 11.2. The molecule has 2 aromatic rings. The van der Waals surface area contributed by atoms with E-state index in [4.69, 9.17) is 0 Å². The van der Waals surface area contributed by atoms with Crippen LogP contribution in [0.3, 0.4) is 0 Å². The van der Waals surface area contributed by atoms with Crippen LogP contribution in [-0.4, -0.2) is 48.8 Å². The van der Waals surface area contributed by atoms with Crippen molar-refractivity contribution in [3.8, 4) is 0 Å². The summed E-state index contributed by atoms with van der Waals surface area (Å²) in [4.78, 5) is 4.78. The molecule has 0 spiro atoms. The Morgan fingerprint density at radius 2 is 1.57 bits per heavy atom. The van der Waals surface area contributed by atoms with Crippen molar-refractivity contribution >= 4 is 21.6 Å². The summed E-state index contributed by atoms with van der Waals surface area (Å²) in [7, 11) is 0. The number of β-amino-alcohol motifs (C(OH)–C–C–N with tert-alkyl or cyclic N) is 1. The summed E-state index contributed by atoms with van der Waals surface area (Å²) in [6, 6.07) is 18.8. The Morgan fingerprint density at radius 1 is 0.913 bits per heavy atom. The standard InChI is InChI=1S/C19H23BrN2O/c20-17-8-6-16(7-9-17)14-19(23)15-21-10-12-22(13-11-21)18-4-2-1-3-5-18/h1-9,19,23H,10-15H2. The second-order valence-corrected chi connectivity index (χ2v) is 7.02. The molecule has 0 amide bonds. The number of piperazine rings is 1. The van der Waals surface area contributed by atoms with Gasteiger partial charge in [-0.15, -0.1) is 0 Å². The zero-order chi connectivity index (χ0) is 16.1. The summed E-state index contributed by atoms with van der Waals surface area (Å²) in [5.41, 5.74) is 2.48. The minimum Gasteiger partial charge on any atom is -0.391 e. The highest BCUT2D eigenvalue weighted by Crippen LogP contribution is 2.16. The van der Waals surface area contributed by atoms with E-state index in [2.05, 4.69) is 68.2 Å². The van der Waals surface area contributed by atoms with Gasteiger partial charge in [-0.3, -0.25) is 4.90 Å². The van der Waals surface area contributed by atoms with Crippen LogP contribution in [-0.2, 0) is 6.42 Å². The first-order valence-corrected chi connectivity index (χ1v) is 8.95. The molecular formula is C19H23BrN2O. The van der Waals surface area contributed by atoms with E-state index in [9.17, 15) is 5.11 Å². The Balaban J connectivity index is 1.46. The summed E-state index contributed by atoms with van der Waals surface area (Å²) >= 11 is 3.44. The summed E-state index contributed by atoms with van der Waals surface area (Å²) in [5.74, 6) is 0. The minimum atomic E-state index is -0.306. The van der Waals surface area contributed by atoms with Crippen LogP contribution in [0.5, 0.6) is 0 Å². The van der Waals surface area contributed by atoms with Gasteiger partial charge in [-0.25, -0.2) is 0 Å². The normalized spacial score (nSPS) is 17.2. The summed E-state index contributed by atoms with van der Waals surface area (Å²) in [6.07, 6.45) is 0.408. The highest BCUT2D eigenvalue weighted by atomic mass is 79.9. The maximum absolute atomic E-state index is 10.3. The molecule has 1 aliphatic rings. The van der Waals surface area contributed by atoms with E-state index >= 15 is 0 Å². The van der Waals surface area contributed by atoms with Crippen molar-refractivity contribution < 1.29 is 5.11 Å². The van der Waals surface area contributed by atoms with E-state index in [0.717, 1.165) is 37.2 Å². The Kier molecular flexibility index (Phi) is 5.70. The molecule has 3 rings (SSSR count). The van der Waals surface area contributed by atoms with Crippen molar-refractivity contribution in [2.45, 2.75) is 12.5 Å². The predicted octanol–water partition coefficient (Wildman–Crippen LogP) is 3.17. The average molecular weight is 375 g/mol. The topological polar surface area (TPSA) is 26.7 Å². The lowest BCUT2D eigenvalue weighted by Gasteiger charge is -2.37. The Labute approximate surface area is 146 Å². The fourth-order valence-electron chi connectivity index (χ4n) is 3.08. The molecule has 0 saturated carbocycles. The van der Waals surface area contributed by atoms with Crippen LogP contribution in [0.15, 0.2) is 59.1 Å². The molecule has 0 aliphatic carbocycles. The average Bonchev–Trinajstić information content (AvgIpc) is 2.58. The van der Waals surface area contributed by atoms with E-state index in [1.54, 1.807) is 0 Å². The van der Waals surface area contributed by atoms with Crippen LogP contribution >= 0.6 is 15.9 Å². The van der Waals surface area contributed by atoms with Crippen LogP contribution in [0.2, 0.25) is 0 Å². The van der Waals surface area contributed by atoms with Gasteiger partial charge < -0.3 is 10.0 Å². The second-order valence-electron chi connectivity index (χ2n) is 6.11. The molecule has 1 N–H and O–H groups in total. The van der Waals surface area contributed by atoms with Gasteiger partial charge in [0.05, 0.1) is 6.10 Å². The lowest BCUT2D eigenvalue weighted by Crippen LogP contribution is -2.48. The molecule has 0 bridgehead atoms.